The highest BCUT2D eigenvalue weighted by atomic mass is 19.1. The number of carbonyl (C=O) groups is 2. The Morgan fingerprint density at radius 1 is 1.11 bits per heavy atom. The molecule has 2 aromatic carbocycles. The van der Waals surface area contributed by atoms with E-state index in [1.807, 2.05) is 6.92 Å². The van der Waals surface area contributed by atoms with Crippen molar-refractivity contribution in [2.45, 2.75) is 26.8 Å². The average molecular weight is 373 g/mol. The number of hydrogen-bond donors (Lipinski definition) is 2. The first-order valence-electron chi connectivity index (χ1n) is 8.31. The minimum absolute atomic E-state index is 0.291. The molecule has 0 aliphatic carbocycles. The first kappa shape index (κ1) is 20.0. The fourth-order valence-electron chi connectivity index (χ4n) is 2.40. The second-order valence-corrected chi connectivity index (χ2v) is 6.47. The second kappa shape index (κ2) is 8.39. The molecule has 0 bridgehead atoms. The van der Waals surface area contributed by atoms with Crippen LogP contribution in [0.15, 0.2) is 42.5 Å². The molecule has 1 unspecified atom stereocenters. The standard InChI is InChI=1S/C19H20FN3O4/c1-11(2)17(22-18(24)13-6-4-12(3)5-7-13)19(25)21-16-10-14(23(26)27)8-9-15(16)20/h4-11,17H,1-3H3,(H,21,25)(H,22,24). The van der Waals surface area contributed by atoms with E-state index in [2.05, 4.69) is 10.6 Å². The zero-order chi connectivity index (χ0) is 20.1. The minimum atomic E-state index is -0.947. The molecule has 0 spiro atoms. The van der Waals surface area contributed by atoms with Gasteiger partial charge in [-0.05, 0) is 31.0 Å². The van der Waals surface area contributed by atoms with E-state index in [0.717, 1.165) is 23.8 Å². The summed E-state index contributed by atoms with van der Waals surface area (Å²) in [5, 5.41) is 15.8. The molecule has 0 heterocycles. The number of amides is 2. The van der Waals surface area contributed by atoms with Crippen LogP contribution in [0.1, 0.15) is 29.8 Å². The van der Waals surface area contributed by atoms with Crippen molar-refractivity contribution >= 4 is 23.2 Å². The Labute approximate surface area is 155 Å². The number of halogens is 1. The molecule has 0 fully saturated rings. The molecule has 0 saturated heterocycles. The van der Waals surface area contributed by atoms with Crippen LogP contribution in [-0.4, -0.2) is 22.8 Å². The summed E-state index contributed by atoms with van der Waals surface area (Å²) in [5.41, 5.74) is 0.715. The van der Waals surface area contributed by atoms with Gasteiger partial charge in [0.1, 0.15) is 11.9 Å². The summed E-state index contributed by atoms with van der Waals surface area (Å²) in [5.74, 6) is -2.20. The molecule has 2 aromatic rings. The summed E-state index contributed by atoms with van der Waals surface area (Å²) in [6.07, 6.45) is 0. The van der Waals surface area contributed by atoms with Crippen LogP contribution in [-0.2, 0) is 4.79 Å². The molecule has 1 atom stereocenters. The van der Waals surface area contributed by atoms with Gasteiger partial charge in [-0.3, -0.25) is 19.7 Å². The van der Waals surface area contributed by atoms with Crippen LogP contribution in [0.2, 0.25) is 0 Å². The molecule has 0 aliphatic rings. The minimum Gasteiger partial charge on any atom is -0.340 e. The van der Waals surface area contributed by atoms with E-state index in [1.165, 1.54) is 0 Å². The third-order valence-corrected chi connectivity index (χ3v) is 3.97. The lowest BCUT2D eigenvalue weighted by Gasteiger charge is -2.22. The maximum Gasteiger partial charge on any atom is 0.271 e. The van der Waals surface area contributed by atoms with Crippen molar-refractivity contribution in [1.82, 2.24) is 5.32 Å². The van der Waals surface area contributed by atoms with Crippen LogP contribution in [0.3, 0.4) is 0 Å². The zero-order valence-corrected chi connectivity index (χ0v) is 15.2. The summed E-state index contributed by atoms with van der Waals surface area (Å²) < 4.78 is 13.9. The smallest absolute Gasteiger partial charge is 0.271 e. The largest absolute Gasteiger partial charge is 0.340 e. The molecule has 0 aliphatic heterocycles. The SMILES string of the molecule is Cc1ccc(C(=O)NC(C(=O)Nc2cc([N+](=O)[O-])ccc2F)C(C)C)cc1. The lowest BCUT2D eigenvalue weighted by atomic mass is 10.0. The van der Waals surface area contributed by atoms with Gasteiger partial charge in [-0.25, -0.2) is 4.39 Å². The number of nitro groups is 1. The number of nitro benzene ring substituents is 1. The Morgan fingerprint density at radius 3 is 2.30 bits per heavy atom. The number of benzene rings is 2. The van der Waals surface area contributed by atoms with Crippen LogP contribution in [0.25, 0.3) is 0 Å². The Bertz CT molecular complexity index is 866. The normalized spacial score (nSPS) is 11.7. The van der Waals surface area contributed by atoms with Crippen molar-refractivity contribution < 1.29 is 18.9 Å². The zero-order valence-electron chi connectivity index (χ0n) is 15.2. The van der Waals surface area contributed by atoms with Crippen LogP contribution >= 0.6 is 0 Å². The maximum absolute atomic E-state index is 13.9. The quantitative estimate of drug-likeness (QED) is 0.598. The van der Waals surface area contributed by atoms with Gasteiger partial charge >= 0.3 is 0 Å². The van der Waals surface area contributed by atoms with Crippen molar-refractivity contribution in [1.29, 1.82) is 0 Å². The first-order valence-corrected chi connectivity index (χ1v) is 8.31. The fourth-order valence-corrected chi connectivity index (χ4v) is 2.40. The van der Waals surface area contributed by atoms with E-state index < -0.39 is 28.6 Å². The van der Waals surface area contributed by atoms with Crippen molar-refractivity contribution in [2.24, 2.45) is 5.92 Å². The Hall–Kier alpha value is -3.29. The third kappa shape index (κ3) is 5.10. The highest BCUT2D eigenvalue weighted by molar-refractivity contribution is 6.01. The molecule has 142 valence electrons. The number of aryl methyl sites for hydroxylation is 1. The fraction of sp³-hybridized carbons (Fsp3) is 0.263. The molecule has 2 rings (SSSR count). The number of nitrogens with zero attached hydrogens (tertiary/aromatic N) is 1. The highest BCUT2D eigenvalue weighted by Crippen LogP contribution is 2.22. The number of non-ortho nitro benzene ring substituents is 1. The molecule has 7 nitrogen and oxygen atoms in total. The van der Waals surface area contributed by atoms with E-state index in [4.69, 9.17) is 0 Å². The van der Waals surface area contributed by atoms with Gasteiger partial charge in [0.15, 0.2) is 0 Å². The molecule has 2 amide bonds. The molecule has 2 N–H and O–H groups in total. The number of hydrogen-bond acceptors (Lipinski definition) is 4. The highest BCUT2D eigenvalue weighted by Gasteiger charge is 2.26. The number of carbonyl (C=O) groups excluding carboxylic acids is 2. The van der Waals surface area contributed by atoms with E-state index in [1.54, 1.807) is 38.1 Å². The average Bonchev–Trinajstić information content (AvgIpc) is 2.61. The van der Waals surface area contributed by atoms with Crippen molar-refractivity contribution in [3.05, 3.63) is 69.5 Å². The molecular formula is C19H20FN3O4. The Morgan fingerprint density at radius 2 is 1.74 bits per heavy atom. The van der Waals surface area contributed by atoms with Gasteiger partial charge in [0, 0.05) is 17.7 Å². The van der Waals surface area contributed by atoms with Crippen molar-refractivity contribution in [3.63, 3.8) is 0 Å². The van der Waals surface area contributed by atoms with E-state index in [9.17, 15) is 24.1 Å². The lowest BCUT2D eigenvalue weighted by Crippen LogP contribution is -2.47. The monoisotopic (exact) mass is 373 g/mol. The van der Waals surface area contributed by atoms with Crippen LogP contribution < -0.4 is 10.6 Å². The van der Waals surface area contributed by atoms with E-state index >= 15 is 0 Å². The molecule has 27 heavy (non-hydrogen) atoms. The van der Waals surface area contributed by atoms with Crippen molar-refractivity contribution in [3.8, 4) is 0 Å². The second-order valence-electron chi connectivity index (χ2n) is 6.47. The lowest BCUT2D eigenvalue weighted by molar-refractivity contribution is -0.384. The van der Waals surface area contributed by atoms with Gasteiger partial charge in [-0.2, -0.15) is 0 Å². The van der Waals surface area contributed by atoms with Gasteiger partial charge in [-0.15, -0.1) is 0 Å². The molecule has 0 saturated carbocycles. The molecule has 0 aromatic heterocycles. The van der Waals surface area contributed by atoms with E-state index in [0.29, 0.717) is 5.56 Å². The summed E-state index contributed by atoms with van der Waals surface area (Å²) in [7, 11) is 0. The third-order valence-electron chi connectivity index (χ3n) is 3.97. The van der Waals surface area contributed by atoms with Crippen LogP contribution in [0.5, 0.6) is 0 Å². The summed E-state index contributed by atoms with van der Waals surface area (Å²) in [6.45, 7) is 5.34. The van der Waals surface area contributed by atoms with Gasteiger partial charge in [-0.1, -0.05) is 31.5 Å². The van der Waals surface area contributed by atoms with Crippen LogP contribution in [0, 0.1) is 28.8 Å². The van der Waals surface area contributed by atoms with Gasteiger partial charge in [0.05, 0.1) is 10.6 Å². The topological polar surface area (TPSA) is 101 Å². The van der Waals surface area contributed by atoms with Crippen LogP contribution in [0.4, 0.5) is 15.8 Å². The van der Waals surface area contributed by atoms with Crippen molar-refractivity contribution in [2.75, 3.05) is 5.32 Å². The van der Waals surface area contributed by atoms with Gasteiger partial charge in [0.25, 0.3) is 11.6 Å². The molecule has 8 heteroatoms. The molecular weight excluding hydrogens is 353 g/mol. The summed E-state index contributed by atoms with van der Waals surface area (Å²) >= 11 is 0. The van der Waals surface area contributed by atoms with E-state index in [-0.39, 0.29) is 17.3 Å². The van der Waals surface area contributed by atoms with Gasteiger partial charge in [0.2, 0.25) is 5.91 Å². The maximum atomic E-state index is 13.9. The predicted molar refractivity (Wildman–Crippen MR) is 99.0 cm³/mol. The first-order chi connectivity index (χ1) is 12.7. The number of nitrogens with one attached hydrogen (secondary N) is 2. The summed E-state index contributed by atoms with van der Waals surface area (Å²) in [4.78, 5) is 35.1. The number of rotatable bonds is 6. The molecule has 0 radical (unpaired) electrons. The Kier molecular flexibility index (Phi) is 6.23. The predicted octanol–water partition coefficient (Wildman–Crippen LogP) is 3.44. The Balaban J connectivity index is 2.18. The number of anilines is 1. The summed E-state index contributed by atoms with van der Waals surface area (Å²) in [6, 6.07) is 8.73. The van der Waals surface area contributed by atoms with Gasteiger partial charge < -0.3 is 10.6 Å².